The van der Waals surface area contributed by atoms with Crippen LogP contribution in [0.5, 0.6) is 0 Å². The summed E-state index contributed by atoms with van der Waals surface area (Å²) in [4.78, 5) is 26.9. The van der Waals surface area contributed by atoms with E-state index < -0.39 is 0 Å². The van der Waals surface area contributed by atoms with Crippen molar-refractivity contribution in [1.82, 2.24) is 9.47 Å². The molecule has 5 nitrogen and oxygen atoms in total. The van der Waals surface area contributed by atoms with Crippen molar-refractivity contribution in [1.29, 1.82) is 0 Å². The molecular formula is C22H28N2O3. The van der Waals surface area contributed by atoms with Gasteiger partial charge in [-0.05, 0) is 58.2 Å². The van der Waals surface area contributed by atoms with Crippen molar-refractivity contribution in [3.8, 4) is 5.69 Å². The number of esters is 1. The van der Waals surface area contributed by atoms with E-state index in [0.29, 0.717) is 32.5 Å². The molecule has 3 rings (SSSR count). The van der Waals surface area contributed by atoms with E-state index in [0.717, 1.165) is 22.6 Å². The first-order chi connectivity index (χ1) is 12.9. The maximum Gasteiger partial charge on any atom is 0.309 e. The van der Waals surface area contributed by atoms with Crippen LogP contribution in [0.2, 0.25) is 0 Å². The number of hydrogen-bond donors (Lipinski definition) is 0. The third kappa shape index (κ3) is 3.77. The van der Waals surface area contributed by atoms with Crippen LogP contribution in [0.4, 0.5) is 0 Å². The van der Waals surface area contributed by atoms with Crippen molar-refractivity contribution >= 4 is 11.9 Å². The molecule has 2 aromatic rings. The van der Waals surface area contributed by atoms with Gasteiger partial charge in [-0.25, -0.2) is 0 Å². The summed E-state index contributed by atoms with van der Waals surface area (Å²) >= 11 is 0. The second-order valence-corrected chi connectivity index (χ2v) is 7.23. The summed E-state index contributed by atoms with van der Waals surface area (Å²) in [6.07, 6.45) is 1.34. The van der Waals surface area contributed by atoms with E-state index >= 15 is 0 Å². The van der Waals surface area contributed by atoms with Gasteiger partial charge in [0, 0.05) is 30.2 Å². The Morgan fingerprint density at radius 3 is 2.41 bits per heavy atom. The molecule has 5 heteroatoms. The van der Waals surface area contributed by atoms with Gasteiger partial charge in [-0.1, -0.05) is 18.2 Å². The van der Waals surface area contributed by atoms with E-state index in [2.05, 4.69) is 23.6 Å². The first-order valence-corrected chi connectivity index (χ1v) is 9.64. The Morgan fingerprint density at radius 1 is 1.11 bits per heavy atom. The minimum Gasteiger partial charge on any atom is -0.466 e. The Balaban J connectivity index is 1.78. The van der Waals surface area contributed by atoms with Crippen molar-refractivity contribution in [2.24, 2.45) is 5.92 Å². The minimum atomic E-state index is -0.137. The number of aromatic nitrogens is 1. The molecule has 0 unspecified atom stereocenters. The average molecular weight is 368 g/mol. The van der Waals surface area contributed by atoms with Crippen LogP contribution < -0.4 is 0 Å². The molecule has 0 aliphatic carbocycles. The molecule has 1 fully saturated rings. The molecule has 144 valence electrons. The van der Waals surface area contributed by atoms with E-state index in [1.807, 2.05) is 43.9 Å². The molecule has 0 spiro atoms. The fourth-order valence-corrected chi connectivity index (χ4v) is 3.91. The van der Waals surface area contributed by atoms with Crippen LogP contribution in [0.3, 0.4) is 0 Å². The third-order valence-electron chi connectivity index (χ3n) is 5.42. The van der Waals surface area contributed by atoms with Gasteiger partial charge in [0.05, 0.1) is 18.1 Å². The molecule has 0 N–H and O–H groups in total. The lowest BCUT2D eigenvalue weighted by Crippen LogP contribution is -2.40. The molecule has 0 saturated carbocycles. The molecule has 1 aliphatic rings. The van der Waals surface area contributed by atoms with Crippen LogP contribution in [0.25, 0.3) is 5.69 Å². The number of hydrogen-bond acceptors (Lipinski definition) is 3. The zero-order chi connectivity index (χ0) is 19.6. The fraction of sp³-hybridized carbons (Fsp3) is 0.455. The van der Waals surface area contributed by atoms with Gasteiger partial charge >= 0.3 is 5.97 Å². The number of carbonyl (C=O) groups excluding carboxylic acids is 2. The molecular weight excluding hydrogens is 340 g/mol. The lowest BCUT2D eigenvalue weighted by Gasteiger charge is -2.31. The molecule has 1 aliphatic heterocycles. The van der Waals surface area contributed by atoms with Crippen molar-refractivity contribution < 1.29 is 14.3 Å². The van der Waals surface area contributed by atoms with Crippen molar-refractivity contribution in [3.63, 3.8) is 0 Å². The summed E-state index contributed by atoms with van der Waals surface area (Å²) in [5.74, 6) is -0.180. The van der Waals surface area contributed by atoms with E-state index in [1.54, 1.807) is 0 Å². The van der Waals surface area contributed by atoms with E-state index in [4.69, 9.17) is 4.74 Å². The fourth-order valence-electron chi connectivity index (χ4n) is 3.91. The summed E-state index contributed by atoms with van der Waals surface area (Å²) in [5, 5.41) is 0. The number of piperidine rings is 1. The first-order valence-electron chi connectivity index (χ1n) is 9.64. The van der Waals surface area contributed by atoms with Gasteiger partial charge in [-0.2, -0.15) is 0 Å². The van der Waals surface area contributed by atoms with Gasteiger partial charge in [-0.15, -0.1) is 0 Å². The molecule has 0 atom stereocenters. The summed E-state index contributed by atoms with van der Waals surface area (Å²) in [6.45, 7) is 9.52. The summed E-state index contributed by atoms with van der Waals surface area (Å²) < 4.78 is 7.26. The minimum absolute atomic E-state index is 0.0465. The zero-order valence-electron chi connectivity index (χ0n) is 16.6. The number of para-hydroxylation sites is 1. The predicted molar refractivity (Wildman–Crippen MR) is 105 cm³/mol. The largest absolute Gasteiger partial charge is 0.466 e. The van der Waals surface area contributed by atoms with Crippen LogP contribution in [0.1, 0.15) is 47.1 Å². The standard InChI is InChI=1S/C22H28N2O3/c1-5-27-22(26)18-10-12-23(13-11-18)21(25)19-14-16(3)24(17(19)4)20-9-7-6-8-15(20)2/h6-9,14,18H,5,10-13H2,1-4H3. The van der Waals surface area contributed by atoms with E-state index in [9.17, 15) is 9.59 Å². The van der Waals surface area contributed by atoms with Crippen LogP contribution >= 0.6 is 0 Å². The highest BCUT2D eigenvalue weighted by Crippen LogP contribution is 2.26. The molecule has 1 amide bonds. The van der Waals surface area contributed by atoms with E-state index in [-0.39, 0.29) is 17.8 Å². The number of amides is 1. The number of aryl methyl sites for hydroxylation is 2. The monoisotopic (exact) mass is 368 g/mol. The van der Waals surface area contributed by atoms with Gasteiger partial charge in [0.2, 0.25) is 0 Å². The van der Waals surface area contributed by atoms with Crippen LogP contribution in [-0.2, 0) is 9.53 Å². The smallest absolute Gasteiger partial charge is 0.309 e. The second-order valence-electron chi connectivity index (χ2n) is 7.23. The number of nitrogens with zero attached hydrogens (tertiary/aromatic N) is 2. The Hall–Kier alpha value is -2.56. The SMILES string of the molecule is CCOC(=O)C1CCN(C(=O)c2cc(C)n(-c3ccccc3C)c2C)CC1. The van der Waals surface area contributed by atoms with E-state index in [1.165, 1.54) is 5.56 Å². The van der Waals surface area contributed by atoms with Crippen LogP contribution in [-0.4, -0.2) is 41.0 Å². The van der Waals surface area contributed by atoms with Gasteiger partial charge in [-0.3, -0.25) is 9.59 Å². The molecule has 0 bridgehead atoms. The van der Waals surface area contributed by atoms with Gasteiger partial charge < -0.3 is 14.2 Å². The summed E-state index contributed by atoms with van der Waals surface area (Å²) in [5.41, 5.74) is 5.03. The Labute approximate surface area is 160 Å². The Kier molecular flexibility index (Phi) is 5.68. The molecule has 1 saturated heterocycles. The topological polar surface area (TPSA) is 51.5 Å². The van der Waals surface area contributed by atoms with Crippen LogP contribution in [0, 0.1) is 26.7 Å². The highest BCUT2D eigenvalue weighted by molar-refractivity contribution is 5.96. The lowest BCUT2D eigenvalue weighted by molar-refractivity contribution is -0.149. The Morgan fingerprint density at radius 2 is 1.78 bits per heavy atom. The number of rotatable bonds is 4. The predicted octanol–water partition coefficient (Wildman–Crippen LogP) is 3.82. The molecule has 1 aromatic heterocycles. The second kappa shape index (κ2) is 7.99. The summed E-state index contributed by atoms with van der Waals surface area (Å²) in [6, 6.07) is 10.2. The maximum atomic E-state index is 13.1. The third-order valence-corrected chi connectivity index (χ3v) is 5.42. The normalized spacial score (nSPS) is 15.0. The van der Waals surface area contributed by atoms with Crippen molar-refractivity contribution in [3.05, 3.63) is 52.8 Å². The quantitative estimate of drug-likeness (QED) is 0.771. The maximum absolute atomic E-state index is 13.1. The Bertz CT molecular complexity index is 845. The number of benzene rings is 1. The van der Waals surface area contributed by atoms with Gasteiger partial charge in [0.1, 0.15) is 0 Å². The number of carbonyl (C=O) groups is 2. The first kappa shape index (κ1) is 19.2. The number of likely N-dealkylation sites (tertiary alicyclic amines) is 1. The van der Waals surface area contributed by atoms with Crippen molar-refractivity contribution in [2.45, 2.75) is 40.5 Å². The molecule has 1 aromatic carbocycles. The van der Waals surface area contributed by atoms with Gasteiger partial charge in [0.25, 0.3) is 5.91 Å². The van der Waals surface area contributed by atoms with Crippen molar-refractivity contribution in [2.75, 3.05) is 19.7 Å². The van der Waals surface area contributed by atoms with Crippen LogP contribution in [0.15, 0.2) is 30.3 Å². The average Bonchev–Trinajstić information content (AvgIpc) is 2.96. The highest BCUT2D eigenvalue weighted by Gasteiger charge is 2.30. The zero-order valence-corrected chi connectivity index (χ0v) is 16.6. The van der Waals surface area contributed by atoms with Gasteiger partial charge in [0.15, 0.2) is 0 Å². The molecule has 27 heavy (non-hydrogen) atoms. The summed E-state index contributed by atoms with van der Waals surface area (Å²) in [7, 11) is 0. The number of ether oxygens (including phenoxy) is 1. The molecule has 0 radical (unpaired) electrons. The highest BCUT2D eigenvalue weighted by atomic mass is 16.5. The lowest BCUT2D eigenvalue weighted by atomic mass is 9.96. The molecule has 2 heterocycles.